The predicted octanol–water partition coefficient (Wildman–Crippen LogP) is 3.25. The molecule has 0 bridgehead atoms. The summed E-state index contributed by atoms with van der Waals surface area (Å²) >= 11 is 0. The van der Waals surface area contributed by atoms with E-state index in [0.29, 0.717) is 0 Å². The van der Waals surface area contributed by atoms with Crippen LogP contribution in [-0.4, -0.2) is 7.11 Å². The largest absolute Gasteiger partial charge is 0.497 e. The monoisotopic (exact) mass is 213 g/mol. The van der Waals surface area contributed by atoms with E-state index in [2.05, 4.69) is 25.1 Å². The van der Waals surface area contributed by atoms with Gasteiger partial charge in [-0.1, -0.05) is 29.8 Å². The van der Waals surface area contributed by atoms with Gasteiger partial charge in [0, 0.05) is 17.3 Å². The Morgan fingerprint density at radius 3 is 2.50 bits per heavy atom. The number of nitrogens with two attached hydrogens (primary N) is 1. The number of rotatable bonds is 2. The molecule has 2 aromatic rings. The average molecular weight is 213 g/mol. The molecule has 0 unspecified atom stereocenters. The lowest BCUT2D eigenvalue weighted by Crippen LogP contribution is -1.92. The van der Waals surface area contributed by atoms with Gasteiger partial charge in [0.25, 0.3) is 0 Å². The highest BCUT2D eigenvalue weighted by atomic mass is 16.5. The number of hydrogen-bond acceptors (Lipinski definition) is 2. The second kappa shape index (κ2) is 4.27. The molecule has 0 atom stereocenters. The lowest BCUT2D eigenvalue weighted by molar-refractivity contribution is 0.415. The fourth-order valence-electron chi connectivity index (χ4n) is 1.74. The number of aryl methyl sites for hydroxylation is 1. The van der Waals surface area contributed by atoms with Crippen molar-refractivity contribution in [1.29, 1.82) is 0 Å². The highest BCUT2D eigenvalue weighted by Gasteiger charge is 2.03. The van der Waals surface area contributed by atoms with Gasteiger partial charge in [-0.2, -0.15) is 0 Å². The normalized spacial score (nSPS) is 10.1. The molecule has 2 rings (SSSR count). The first-order valence-corrected chi connectivity index (χ1v) is 5.21. The summed E-state index contributed by atoms with van der Waals surface area (Å²) in [6.07, 6.45) is 0. The van der Waals surface area contributed by atoms with Crippen LogP contribution in [0.1, 0.15) is 5.56 Å². The van der Waals surface area contributed by atoms with Gasteiger partial charge in [-0.05, 0) is 24.6 Å². The minimum absolute atomic E-state index is 0.741. The molecule has 2 aromatic carbocycles. The first-order chi connectivity index (χ1) is 7.70. The smallest absolute Gasteiger partial charge is 0.120 e. The first kappa shape index (κ1) is 10.6. The van der Waals surface area contributed by atoms with Gasteiger partial charge in [0.2, 0.25) is 0 Å². The van der Waals surface area contributed by atoms with E-state index in [1.165, 1.54) is 5.56 Å². The summed E-state index contributed by atoms with van der Waals surface area (Å²) in [5, 5.41) is 0. The van der Waals surface area contributed by atoms with Crippen LogP contribution in [0.5, 0.6) is 5.75 Å². The molecule has 0 amide bonds. The van der Waals surface area contributed by atoms with E-state index in [1.807, 2.05) is 24.3 Å². The summed E-state index contributed by atoms with van der Waals surface area (Å²) in [7, 11) is 1.64. The zero-order chi connectivity index (χ0) is 11.5. The van der Waals surface area contributed by atoms with E-state index in [-0.39, 0.29) is 0 Å². The van der Waals surface area contributed by atoms with Gasteiger partial charge < -0.3 is 10.5 Å². The maximum Gasteiger partial charge on any atom is 0.120 e. The highest BCUT2D eigenvalue weighted by molar-refractivity contribution is 5.77. The Morgan fingerprint density at radius 1 is 1.06 bits per heavy atom. The zero-order valence-electron chi connectivity index (χ0n) is 9.53. The molecule has 2 heteroatoms. The summed E-state index contributed by atoms with van der Waals surface area (Å²) < 4.78 is 5.13. The van der Waals surface area contributed by atoms with Crippen molar-refractivity contribution in [3.63, 3.8) is 0 Å². The topological polar surface area (TPSA) is 35.2 Å². The number of ether oxygens (including phenoxy) is 1. The molecule has 0 radical (unpaired) electrons. The van der Waals surface area contributed by atoms with E-state index in [9.17, 15) is 0 Å². The van der Waals surface area contributed by atoms with E-state index in [1.54, 1.807) is 7.11 Å². The molecule has 0 saturated carbocycles. The first-order valence-electron chi connectivity index (χ1n) is 5.21. The van der Waals surface area contributed by atoms with Gasteiger partial charge in [-0.3, -0.25) is 0 Å². The molecule has 2 nitrogen and oxygen atoms in total. The van der Waals surface area contributed by atoms with Crippen molar-refractivity contribution < 1.29 is 4.74 Å². The van der Waals surface area contributed by atoms with Crippen molar-refractivity contribution in [2.24, 2.45) is 0 Å². The molecular formula is C14H15NO. The van der Waals surface area contributed by atoms with Gasteiger partial charge in [-0.25, -0.2) is 0 Å². The van der Waals surface area contributed by atoms with Crippen LogP contribution in [0.2, 0.25) is 0 Å². The third-order valence-electron chi connectivity index (χ3n) is 2.59. The molecule has 0 spiro atoms. The van der Waals surface area contributed by atoms with E-state index in [4.69, 9.17) is 10.5 Å². The molecule has 0 aliphatic carbocycles. The van der Waals surface area contributed by atoms with Crippen LogP contribution in [0.15, 0.2) is 42.5 Å². The Morgan fingerprint density at radius 2 is 1.88 bits per heavy atom. The van der Waals surface area contributed by atoms with Crippen LogP contribution in [0, 0.1) is 6.92 Å². The molecule has 16 heavy (non-hydrogen) atoms. The Bertz CT molecular complexity index is 506. The Labute approximate surface area is 95.7 Å². The quantitative estimate of drug-likeness (QED) is 0.777. The van der Waals surface area contributed by atoms with Gasteiger partial charge in [0.1, 0.15) is 5.75 Å². The standard InChI is InChI=1S/C14H15NO/c1-10-4-3-5-11(8-10)13-7-6-12(16-2)9-14(13)15/h3-9H,15H2,1-2H3. The molecule has 0 heterocycles. The fourth-order valence-corrected chi connectivity index (χ4v) is 1.74. The fraction of sp³-hybridized carbons (Fsp3) is 0.143. The Kier molecular flexibility index (Phi) is 2.82. The number of methoxy groups -OCH3 is 1. The SMILES string of the molecule is COc1ccc(-c2cccc(C)c2)c(N)c1. The minimum Gasteiger partial charge on any atom is -0.497 e. The summed E-state index contributed by atoms with van der Waals surface area (Å²) in [6.45, 7) is 2.07. The van der Waals surface area contributed by atoms with Gasteiger partial charge in [0.05, 0.1) is 7.11 Å². The third kappa shape index (κ3) is 2.01. The van der Waals surface area contributed by atoms with Crippen molar-refractivity contribution in [2.75, 3.05) is 12.8 Å². The number of nitrogen functional groups attached to an aromatic ring is 1. The van der Waals surface area contributed by atoms with Crippen LogP contribution in [0.25, 0.3) is 11.1 Å². The van der Waals surface area contributed by atoms with Crippen LogP contribution in [0.3, 0.4) is 0 Å². The molecule has 0 saturated heterocycles. The van der Waals surface area contributed by atoms with E-state index in [0.717, 1.165) is 22.6 Å². The van der Waals surface area contributed by atoms with Crippen LogP contribution >= 0.6 is 0 Å². The van der Waals surface area contributed by atoms with Gasteiger partial charge in [-0.15, -0.1) is 0 Å². The van der Waals surface area contributed by atoms with E-state index < -0.39 is 0 Å². The van der Waals surface area contributed by atoms with Crippen LogP contribution in [0.4, 0.5) is 5.69 Å². The molecule has 0 aliphatic rings. The minimum atomic E-state index is 0.741. The molecule has 2 N–H and O–H groups in total. The predicted molar refractivity (Wildman–Crippen MR) is 67.6 cm³/mol. The second-order valence-electron chi connectivity index (χ2n) is 3.82. The third-order valence-corrected chi connectivity index (χ3v) is 2.59. The number of hydrogen-bond donors (Lipinski definition) is 1. The molecule has 0 fully saturated rings. The van der Waals surface area contributed by atoms with Crippen molar-refractivity contribution in [1.82, 2.24) is 0 Å². The van der Waals surface area contributed by atoms with Crippen LogP contribution < -0.4 is 10.5 Å². The van der Waals surface area contributed by atoms with Crippen molar-refractivity contribution >= 4 is 5.69 Å². The summed E-state index contributed by atoms with van der Waals surface area (Å²) in [6, 6.07) is 14.1. The maximum atomic E-state index is 6.00. The summed E-state index contributed by atoms with van der Waals surface area (Å²) in [4.78, 5) is 0. The molecule has 0 aliphatic heterocycles. The lowest BCUT2D eigenvalue weighted by atomic mass is 10.0. The number of anilines is 1. The summed E-state index contributed by atoms with van der Waals surface area (Å²) in [5.74, 6) is 0.786. The van der Waals surface area contributed by atoms with Crippen molar-refractivity contribution in [2.45, 2.75) is 6.92 Å². The average Bonchev–Trinajstić information content (AvgIpc) is 2.28. The molecule has 82 valence electrons. The van der Waals surface area contributed by atoms with Crippen molar-refractivity contribution in [3.8, 4) is 16.9 Å². The van der Waals surface area contributed by atoms with Gasteiger partial charge in [0.15, 0.2) is 0 Å². The second-order valence-corrected chi connectivity index (χ2v) is 3.82. The highest BCUT2D eigenvalue weighted by Crippen LogP contribution is 2.29. The Hall–Kier alpha value is -1.96. The van der Waals surface area contributed by atoms with E-state index >= 15 is 0 Å². The maximum absolute atomic E-state index is 6.00. The van der Waals surface area contributed by atoms with Crippen molar-refractivity contribution in [3.05, 3.63) is 48.0 Å². The number of benzene rings is 2. The molecular weight excluding hydrogens is 198 g/mol. The zero-order valence-corrected chi connectivity index (χ0v) is 9.53. The lowest BCUT2D eigenvalue weighted by Gasteiger charge is -2.08. The van der Waals surface area contributed by atoms with Gasteiger partial charge >= 0.3 is 0 Å². The summed E-state index contributed by atoms with van der Waals surface area (Å²) in [5.41, 5.74) is 10.2. The van der Waals surface area contributed by atoms with Crippen LogP contribution in [-0.2, 0) is 0 Å². The Balaban J connectivity index is 2.48. The molecule has 0 aromatic heterocycles.